The third-order valence-corrected chi connectivity index (χ3v) is 2.87. The molecule has 1 heterocycles. The van der Waals surface area contributed by atoms with Gasteiger partial charge in [0.1, 0.15) is 5.01 Å². The van der Waals surface area contributed by atoms with Gasteiger partial charge in [0.25, 0.3) is 0 Å². The van der Waals surface area contributed by atoms with Crippen molar-refractivity contribution in [3.05, 3.63) is 41.4 Å². The van der Waals surface area contributed by atoms with Crippen molar-refractivity contribution < 1.29 is 0 Å². The average Bonchev–Trinajstić information content (AvgIpc) is 2.81. The van der Waals surface area contributed by atoms with Crippen LogP contribution < -0.4 is 0 Å². The molecule has 0 amide bonds. The summed E-state index contributed by atoms with van der Waals surface area (Å²) >= 11 is 1.72. The highest BCUT2D eigenvalue weighted by molar-refractivity contribution is 7.13. The molecule has 0 N–H and O–H groups in total. The Morgan fingerprint density at radius 3 is 2.33 bits per heavy atom. The maximum atomic E-state index is 4.52. The van der Waals surface area contributed by atoms with Gasteiger partial charge in [-0.2, -0.15) is 0 Å². The van der Waals surface area contributed by atoms with Crippen LogP contribution in [0.15, 0.2) is 35.7 Å². The zero-order valence-corrected chi connectivity index (χ0v) is 10.3. The maximum absolute atomic E-state index is 4.52. The predicted octanol–water partition coefficient (Wildman–Crippen LogP) is 4.40. The molecule has 1 aromatic heterocycles. The van der Waals surface area contributed by atoms with Gasteiger partial charge in [-0.15, -0.1) is 11.3 Å². The molecule has 0 unspecified atom stereocenters. The van der Waals surface area contributed by atoms with Gasteiger partial charge in [-0.1, -0.05) is 51.1 Å². The Morgan fingerprint density at radius 1 is 1.13 bits per heavy atom. The van der Waals surface area contributed by atoms with Crippen molar-refractivity contribution in [1.29, 1.82) is 0 Å². The number of nitrogens with zero attached hydrogens (tertiary/aromatic N) is 1. The zero-order chi connectivity index (χ0) is 11.1. The van der Waals surface area contributed by atoms with Crippen molar-refractivity contribution >= 4 is 11.3 Å². The van der Waals surface area contributed by atoms with Crippen LogP contribution >= 0.6 is 11.3 Å². The molecule has 80 valence electrons. The molecule has 0 radical (unpaired) electrons. The van der Waals surface area contributed by atoms with Crippen molar-refractivity contribution in [1.82, 2.24) is 4.98 Å². The summed E-state index contributed by atoms with van der Waals surface area (Å²) in [5.74, 6) is 0. The van der Waals surface area contributed by atoms with Crippen LogP contribution in [0.25, 0.3) is 10.6 Å². The van der Waals surface area contributed by atoms with Crippen LogP contribution in [0, 0.1) is 0 Å². The van der Waals surface area contributed by atoms with Crippen molar-refractivity contribution in [3.63, 3.8) is 0 Å². The fourth-order valence-corrected chi connectivity index (χ4v) is 2.09. The number of aromatic nitrogens is 1. The van der Waals surface area contributed by atoms with E-state index in [9.17, 15) is 0 Å². The first-order valence-electron chi connectivity index (χ1n) is 5.40. The lowest BCUT2D eigenvalue weighted by atomic mass is 10.2. The van der Waals surface area contributed by atoms with E-state index in [0.717, 1.165) is 11.4 Å². The van der Waals surface area contributed by atoms with Crippen molar-refractivity contribution in [2.24, 2.45) is 0 Å². The highest BCUT2D eigenvalue weighted by Gasteiger charge is 2.01. The minimum Gasteiger partial charge on any atom is -0.241 e. The number of aryl methyl sites for hydroxylation is 1. The molecular weight excluding hydrogens is 202 g/mol. The van der Waals surface area contributed by atoms with Crippen LogP contribution in [0.4, 0.5) is 0 Å². The normalized spacial score (nSPS) is 9.27. The molecule has 1 nitrogen and oxygen atoms in total. The lowest BCUT2D eigenvalue weighted by molar-refractivity contribution is 1.07. The number of hydrogen-bond donors (Lipinski definition) is 0. The highest BCUT2D eigenvalue weighted by Crippen LogP contribution is 2.23. The molecule has 0 saturated carbocycles. The van der Waals surface area contributed by atoms with Crippen molar-refractivity contribution in [2.45, 2.75) is 27.2 Å². The number of benzene rings is 1. The Kier molecular flexibility index (Phi) is 5.05. The Bertz CT molecular complexity index is 378. The van der Waals surface area contributed by atoms with E-state index in [1.165, 1.54) is 11.3 Å². The number of rotatable bonds is 2. The molecule has 15 heavy (non-hydrogen) atoms. The molecule has 2 heteroatoms. The third-order valence-electron chi connectivity index (χ3n) is 1.93. The van der Waals surface area contributed by atoms with Crippen LogP contribution in [-0.4, -0.2) is 4.98 Å². The van der Waals surface area contributed by atoms with Gasteiger partial charge in [0.15, 0.2) is 0 Å². The van der Waals surface area contributed by atoms with E-state index in [1.54, 1.807) is 11.3 Å². The predicted molar refractivity (Wildman–Crippen MR) is 68.3 cm³/mol. The second-order valence-electron chi connectivity index (χ2n) is 2.86. The Balaban J connectivity index is 0.000000531. The van der Waals surface area contributed by atoms with Gasteiger partial charge in [-0.05, 0) is 6.42 Å². The van der Waals surface area contributed by atoms with E-state index in [0.29, 0.717) is 0 Å². The smallest absolute Gasteiger partial charge is 0.123 e. The van der Waals surface area contributed by atoms with Crippen molar-refractivity contribution in [2.75, 3.05) is 0 Å². The van der Waals surface area contributed by atoms with Gasteiger partial charge in [0.2, 0.25) is 0 Å². The van der Waals surface area contributed by atoms with Gasteiger partial charge >= 0.3 is 0 Å². The molecule has 2 rings (SSSR count). The first-order valence-corrected chi connectivity index (χ1v) is 6.28. The molecule has 0 bridgehead atoms. The van der Waals surface area contributed by atoms with Crippen LogP contribution in [0.3, 0.4) is 0 Å². The van der Waals surface area contributed by atoms with E-state index in [1.807, 2.05) is 32.0 Å². The molecule has 0 aliphatic rings. The average molecular weight is 219 g/mol. The van der Waals surface area contributed by atoms with Gasteiger partial charge in [0.05, 0.1) is 5.69 Å². The summed E-state index contributed by atoms with van der Waals surface area (Å²) in [4.78, 5) is 4.52. The molecule has 0 spiro atoms. The second kappa shape index (κ2) is 6.36. The van der Waals surface area contributed by atoms with E-state index in [4.69, 9.17) is 0 Å². The second-order valence-corrected chi connectivity index (χ2v) is 3.72. The fourth-order valence-electron chi connectivity index (χ4n) is 1.18. The summed E-state index contributed by atoms with van der Waals surface area (Å²) in [5.41, 5.74) is 2.40. The first kappa shape index (κ1) is 11.9. The summed E-state index contributed by atoms with van der Waals surface area (Å²) < 4.78 is 0. The van der Waals surface area contributed by atoms with Gasteiger partial charge in [-0.3, -0.25) is 0 Å². The number of thiazole rings is 1. The SMILES string of the molecule is CC.CCc1csc(-c2ccccc2)n1. The van der Waals surface area contributed by atoms with Crippen LogP contribution in [0.5, 0.6) is 0 Å². The quantitative estimate of drug-likeness (QED) is 0.729. The Labute approximate surface area is 95.8 Å². The largest absolute Gasteiger partial charge is 0.241 e. The van der Waals surface area contributed by atoms with Gasteiger partial charge in [0, 0.05) is 10.9 Å². The Morgan fingerprint density at radius 2 is 1.80 bits per heavy atom. The standard InChI is InChI=1S/C11H11NS.C2H6/c1-2-10-8-13-11(12-10)9-6-4-3-5-7-9;1-2/h3-8H,2H2,1H3;1-2H3. The molecule has 2 aromatic rings. The lowest BCUT2D eigenvalue weighted by Crippen LogP contribution is -1.79. The minimum absolute atomic E-state index is 1.02. The van der Waals surface area contributed by atoms with E-state index in [2.05, 4.69) is 29.4 Å². The van der Waals surface area contributed by atoms with E-state index < -0.39 is 0 Å². The molecule has 0 aliphatic heterocycles. The fraction of sp³-hybridized carbons (Fsp3) is 0.308. The molecule has 0 saturated heterocycles. The van der Waals surface area contributed by atoms with E-state index in [-0.39, 0.29) is 0 Å². The molecular formula is C13H17NS. The van der Waals surface area contributed by atoms with E-state index >= 15 is 0 Å². The third kappa shape index (κ3) is 3.17. The maximum Gasteiger partial charge on any atom is 0.123 e. The van der Waals surface area contributed by atoms with Gasteiger partial charge in [-0.25, -0.2) is 4.98 Å². The summed E-state index contributed by atoms with van der Waals surface area (Å²) in [6.45, 7) is 6.13. The van der Waals surface area contributed by atoms with Crippen LogP contribution in [0.1, 0.15) is 26.5 Å². The van der Waals surface area contributed by atoms with Crippen LogP contribution in [-0.2, 0) is 6.42 Å². The monoisotopic (exact) mass is 219 g/mol. The summed E-state index contributed by atoms with van der Waals surface area (Å²) in [7, 11) is 0. The van der Waals surface area contributed by atoms with Crippen LogP contribution in [0.2, 0.25) is 0 Å². The van der Waals surface area contributed by atoms with Crippen molar-refractivity contribution in [3.8, 4) is 10.6 Å². The topological polar surface area (TPSA) is 12.9 Å². The molecule has 1 aromatic carbocycles. The number of hydrogen-bond acceptors (Lipinski definition) is 2. The lowest BCUT2D eigenvalue weighted by Gasteiger charge is -1.93. The first-order chi connectivity index (χ1) is 7.40. The summed E-state index contributed by atoms with van der Waals surface area (Å²) in [6.07, 6.45) is 1.02. The Hall–Kier alpha value is -1.15. The summed E-state index contributed by atoms with van der Waals surface area (Å²) in [5, 5.41) is 3.25. The molecule has 0 fully saturated rings. The zero-order valence-electron chi connectivity index (χ0n) is 9.53. The molecule has 0 aliphatic carbocycles. The summed E-state index contributed by atoms with van der Waals surface area (Å²) in [6, 6.07) is 10.3. The molecule has 0 atom stereocenters. The highest BCUT2D eigenvalue weighted by atomic mass is 32.1. The minimum atomic E-state index is 1.02. The van der Waals surface area contributed by atoms with Gasteiger partial charge < -0.3 is 0 Å².